The first-order chi connectivity index (χ1) is 10.1. The van der Waals surface area contributed by atoms with Gasteiger partial charge in [0, 0.05) is 6.07 Å². The third-order valence-electron chi connectivity index (χ3n) is 4.44. The van der Waals surface area contributed by atoms with Crippen LogP contribution < -0.4 is 11.3 Å². The number of aromatic nitrogens is 3. The van der Waals surface area contributed by atoms with E-state index in [4.69, 9.17) is 10.3 Å². The predicted octanol–water partition coefficient (Wildman–Crippen LogP) is 2.18. The molecule has 1 aliphatic carbocycles. The molecule has 0 bridgehead atoms. The molecular formula is C15H20N4O2. The lowest BCUT2D eigenvalue weighted by Gasteiger charge is -2.34. The predicted molar refractivity (Wildman–Crippen MR) is 78.5 cm³/mol. The van der Waals surface area contributed by atoms with Crippen molar-refractivity contribution in [3.05, 3.63) is 34.4 Å². The molecule has 6 nitrogen and oxygen atoms in total. The number of hydrogen-bond acceptors (Lipinski definition) is 5. The van der Waals surface area contributed by atoms with Crippen LogP contribution in [0.1, 0.15) is 44.9 Å². The molecule has 3 N–H and O–H groups in total. The van der Waals surface area contributed by atoms with Gasteiger partial charge in [-0.1, -0.05) is 24.6 Å². The molecule has 6 heteroatoms. The van der Waals surface area contributed by atoms with Gasteiger partial charge in [0.1, 0.15) is 5.69 Å². The van der Waals surface area contributed by atoms with E-state index in [1.807, 2.05) is 0 Å². The summed E-state index contributed by atoms with van der Waals surface area (Å²) >= 11 is 0. The monoisotopic (exact) mass is 288 g/mol. The molecule has 1 fully saturated rings. The fourth-order valence-corrected chi connectivity index (χ4v) is 2.93. The number of aromatic amines is 1. The molecule has 0 radical (unpaired) electrons. The second kappa shape index (κ2) is 5.44. The minimum Gasteiger partial charge on any atom is -0.332 e. The third kappa shape index (κ3) is 2.76. The molecule has 1 aliphatic rings. The summed E-state index contributed by atoms with van der Waals surface area (Å²) in [5.41, 5.74) is 6.27. The summed E-state index contributed by atoms with van der Waals surface area (Å²) in [7, 11) is 0. The molecule has 0 aliphatic heterocycles. The highest BCUT2D eigenvalue weighted by Crippen LogP contribution is 2.37. The van der Waals surface area contributed by atoms with Gasteiger partial charge >= 0.3 is 0 Å². The number of hydrogen-bond donors (Lipinski definition) is 2. The molecule has 2 heterocycles. The zero-order valence-corrected chi connectivity index (χ0v) is 12.1. The standard InChI is InChI=1S/C15H20N4O2/c1-2-10-6-8-15(16,9-7-10)14-18-13(21-19-14)11-4-3-5-12(20)17-11/h3-5,10H,2,6-9,16H2,1H3,(H,17,20). The van der Waals surface area contributed by atoms with Gasteiger partial charge in [-0.3, -0.25) is 4.79 Å². The van der Waals surface area contributed by atoms with Gasteiger partial charge in [0.25, 0.3) is 5.89 Å². The molecule has 0 aromatic carbocycles. The van der Waals surface area contributed by atoms with Crippen LogP contribution >= 0.6 is 0 Å². The van der Waals surface area contributed by atoms with Gasteiger partial charge in [-0.05, 0) is 37.7 Å². The maximum atomic E-state index is 11.3. The van der Waals surface area contributed by atoms with Gasteiger partial charge in [0.15, 0.2) is 5.82 Å². The van der Waals surface area contributed by atoms with E-state index in [-0.39, 0.29) is 5.56 Å². The van der Waals surface area contributed by atoms with Crippen molar-refractivity contribution in [1.82, 2.24) is 15.1 Å². The maximum Gasteiger partial charge on any atom is 0.274 e. The minimum atomic E-state index is -0.511. The van der Waals surface area contributed by atoms with Crippen molar-refractivity contribution in [3.63, 3.8) is 0 Å². The van der Waals surface area contributed by atoms with Crippen LogP contribution in [0.3, 0.4) is 0 Å². The summed E-state index contributed by atoms with van der Waals surface area (Å²) < 4.78 is 5.27. The van der Waals surface area contributed by atoms with Crippen LogP contribution in [-0.4, -0.2) is 15.1 Å². The van der Waals surface area contributed by atoms with Crippen LogP contribution in [0.25, 0.3) is 11.6 Å². The topological polar surface area (TPSA) is 97.8 Å². The Balaban J connectivity index is 1.83. The van der Waals surface area contributed by atoms with Crippen molar-refractivity contribution in [2.45, 2.75) is 44.6 Å². The van der Waals surface area contributed by atoms with Gasteiger partial charge in [0.2, 0.25) is 5.56 Å². The molecule has 0 unspecified atom stereocenters. The Labute approximate surface area is 122 Å². The van der Waals surface area contributed by atoms with E-state index in [2.05, 4.69) is 22.0 Å². The summed E-state index contributed by atoms with van der Waals surface area (Å²) in [6.45, 7) is 2.21. The van der Waals surface area contributed by atoms with Crippen LogP contribution in [0.2, 0.25) is 0 Å². The Morgan fingerprint density at radius 2 is 2.19 bits per heavy atom. The highest BCUT2D eigenvalue weighted by Gasteiger charge is 2.37. The van der Waals surface area contributed by atoms with E-state index in [0.717, 1.165) is 31.6 Å². The Morgan fingerprint density at radius 1 is 1.43 bits per heavy atom. The quantitative estimate of drug-likeness (QED) is 0.902. The average molecular weight is 288 g/mol. The van der Waals surface area contributed by atoms with Crippen LogP contribution in [0.4, 0.5) is 0 Å². The zero-order valence-electron chi connectivity index (χ0n) is 12.1. The van der Waals surface area contributed by atoms with E-state index in [1.54, 1.807) is 12.1 Å². The normalized spacial score (nSPS) is 25.9. The lowest BCUT2D eigenvalue weighted by atomic mass is 9.76. The fraction of sp³-hybridized carbons (Fsp3) is 0.533. The summed E-state index contributed by atoms with van der Waals surface area (Å²) in [5.74, 6) is 1.60. The number of pyridine rings is 1. The molecule has 0 saturated heterocycles. The molecule has 0 atom stereocenters. The van der Waals surface area contributed by atoms with Crippen LogP contribution in [0.5, 0.6) is 0 Å². The second-order valence-electron chi connectivity index (χ2n) is 5.86. The lowest BCUT2D eigenvalue weighted by Crippen LogP contribution is -2.41. The molecule has 3 rings (SSSR count). The Kier molecular flexibility index (Phi) is 3.63. The first-order valence-electron chi connectivity index (χ1n) is 7.43. The molecular weight excluding hydrogens is 268 g/mol. The van der Waals surface area contributed by atoms with E-state index in [1.165, 1.54) is 12.5 Å². The van der Waals surface area contributed by atoms with Gasteiger partial charge in [0.05, 0.1) is 5.54 Å². The lowest BCUT2D eigenvalue weighted by molar-refractivity contribution is 0.216. The second-order valence-corrected chi connectivity index (χ2v) is 5.86. The first-order valence-corrected chi connectivity index (χ1v) is 7.43. The van der Waals surface area contributed by atoms with Crippen molar-refractivity contribution < 1.29 is 4.52 Å². The van der Waals surface area contributed by atoms with E-state index >= 15 is 0 Å². The SMILES string of the molecule is CCC1CCC(N)(c2noc(-c3cccc(=O)[nH]3)n2)CC1. The Morgan fingerprint density at radius 3 is 2.86 bits per heavy atom. The van der Waals surface area contributed by atoms with Gasteiger partial charge in [-0.25, -0.2) is 0 Å². The summed E-state index contributed by atoms with van der Waals surface area (Å²) in [6, 6.07) is 4.83. The smallest absolute Gasteiger partial charge is 0.274 e. The highest BCUT2D eigenvalue weighted by molar-refractivity contribution is 5.45. The molecule has 2 aromatic rings. The molecule has 1 saturated carbocycles. The summed E-state index contributed by atoms with van der Waals surface area (Å²) in [6.07, 6.45) is 5.13. The van der Waals surface area contributed by atoms with Crippen molar-refractivity contribution in [1.29, 1.82) is 0 Å². The summed E-state index contributed by atoms with van der Waals surface area (Å²) in [5, 5.41) is 4.04. The molecule has 0 spiro atoms. The average Bonchev–Trinajstić information content (AvgIpc) is 2.99. The van der Waals surface area contributed by atoms with Gasteiger partial charge < -0.3 is 15.2 Å². The number of nitrogens with one attached hydrogen (secondary N) is 1. The molecule has 21 heavy (non-hydrogen) atoms. The summed E-state index contributed by atoms with van der Waals surface area (Å²) in [4.78, 5) is 18.4. The van der Waals surface area contributed by atoms with E-state index in [9.17, 15) is 4.79 Å². The number of nitrogens with zero attached hydrogens (tertiary/aromatic N) is 2. The van der Waals surface area contributed by atoms with Crippen LogP contribution in [0.15, 0.2) is 27.5 Å². The zero-order chi connectivity index (χ0) is 14.9. The van der Waals surface area contributed by atoms with Crippen molar-refractivity contribution >= 4 is 0 Å². The van der Waals surface area contributed by atoms with E-state index < -0.39 is 5.54 Å². The molecule has 0 amide bonds. The van der Waals surface area contributed by atoms with Crippen molar-refractivity contribution in [2.24, 2.45) is 11.7 Å². The third-order valence-corrected chi connectivity index (χ3v) is 4.44. The highest BCUT2D eigenvalue weighted by atomic mass is 16.5. The minimum absolute atomic E-state index is 0.196. The number of H-pyrrole nitrogens is 1. The largest absolute Gasteiger partial charge is 0.332 e. The van der Waals surface area contributed by atoms with Crippen molar-refractivity contribution in [2.75, 3.05) is 0 Å². The fourth-order valence-electron chi connectivity index (χ4n) is 2.93. The van der Waals surface area contributed by atoms with E-state index in [0.29, 0.717) is 17.4 Å². The van der Waals surface area contributed by atoms with Crippen molar-refractivity contribution in [3.8, 4) is 11.6 Å². The van der Waals surface area contributed by atoms with Crippen LogP contribution in [-0.2, 0) is 5.54 Å². The van der Waals surface area contributed by atoms with Gasteiger partial charge in [-0.2, -0.15) is 4.98 Å². The van der Waals surface area contributed by atoms with Gasteiger partial charge in [-0.15, -0.1) is 0 Å². The first kappa shape index (κ1) is 14.0. The molecule has 2 aromatic heterocycles. The maximum absolute atomic E-state index is 11.3. The number of rotatable bonds is 3. The number of nitrogens with two attached hydrogens (primary N) is 1. The van der Waals surface area contributed by atoms with Crippen LogP contribution in [0, 0.1) is 5.92 Å². The Hall–Kier alpha value is -1.95. The Bertz CT molecular complexity index is 668. The molecule has 112 valence electrons.